The lowest BCUT2D eigenvalue weighted by atomic mass is 10.1. The third kappa shape index (κ3) is 4.31. The summed E-state index contributed by atoms with van der Waals surface area (Å²) in [6.07, 6.45) is 1.69. The topological polar surface area (TPSA) is 75.5 Å². The van der Waals surface area contributed by atoms with E-state index in [1.807, 2.05) is 20.8 Å². The van der Waals surface area contributed by atoms with E-state index < -0.39 is 11.4 Å². The highest BCUT2D eigenvalue weighted by atomic mass is 19.1. The van der Waals surface area contributed by atoms with Crippen LogP contribution in [0.1, 0.15) is 47.4 Å². The number of imidazole rings is 1. The molecule has 0 fully saturated rings. The molecule has 2 aromatic heterocycles. The van der Waals surface area contributed by atoms with E-state index in [4.69, 9.17) is 0 Å². The molecule has 0 saturated carbocycles. The molecule has 2 amide bonds. The van der Waals surface area contributed by atoms with Gasteiger partial charge in [-0.2, -0.15) is 0 Å². The third-order valence-corrected chi connectivity index (χ3v) is 3.82. The standard InChI is InChI=1S/C20H21FN4O2/c1-20(2,3)24-19(27)17-23-16(15-6-4-5-11-25(15)17)18(26)22-12-13-7-9-14(21)10-8-13/h4-11H,12H2,1-3H3,(H,22,26)(H,24,27). The molecule has 0 aliphatic heterocycles. The average Bonchev–Trinajstić information content (AvgIpc) is 2.99. The van der Waals surface area contributed by atoms with E-state index in [1.165, 1.54) is 12.1 Å². The summed E-state index contributed by atoms with van der Waals surface area (Å²) in [6, 6.07) is 11.1. The lowest BCUT2D eigenvalue weighted by Crippen LogP contribution is -2.41. The van der Waals surface area contributed by atoms with Crippen LogP contribution in [0.3, 0.4) is 0 Å². The Morgan fingerprint density at radius 3 is 2.44 bits per heavy atom. The molecule has 1 aromatic carbocycles. The van der Waals surface area contributed by atoms with Gasteiger partial charge in [0, 0.05) is 18.3 Å². The van der Waals surface area contributed by atoms with Crippen molar-refractivity contribution in [1.82, 2.24) is 20.0 Å². The number of carbonyl (C=O) groups excluding carboxylic acids is 2. The predicted molar refractivity (Wildman–Crippen MR) is 100.0 cm³/mol. The van der Waals surface area contributed by atoms with Crippen molar-refractivity contribution >= 4 is 17.3 Å². The van der Waals surface area contributed by atoms with E-state index in [-0.39, 0.29) is 29.8 Å². The van der Waals surface area contributed by atoms with Gasteiger partial charge in [0.05, 0.1) is 5.52 Å². The van der Waals surface area contributed by atoms with Gasteiger partial charge in [0.2, 0.25) is 5.82 Å². The minimum atomic E-state index is -0.428. The molecular weight excluding hydrogens is 347 g/mol. The van der Waals surface area contributed by atoms with Crippen LogP contribution in [0.25, 0.3) is 5.52 Å². The molecule has 0 unspecified atom stereocenters. The number of carbonyl (C=O) groups is 2. The number of nitrogens with zero attached hydrogens (tertiary/aromatic N) is 2. The number of hydrogen-bond acceptors (Lipinski definition) is 3. The number of hydrogen-bond donors (Lipinski definition) is 2. The van der Waals surface area contributed by atoms with Gasteiger partial charge in [-0.1, -0.05) is 18.2 Å². The lowest BCUT2D eigenvalue weighted by Gasteiger charge is -2.19. The first-order valence-electron chi connectivity index (χ1n) is 8.57. The van der Waals surface area contributed by atoms with Crippen LogP contribution in [0.5, 0.6) is 0 Å². The van der Waals surface area contributed by atoms with Crippen molar-refractivity contribution in [2.24, 2.45) is 0 Å². The van der Waals surface area contributed by atoms with Crippen molar-refractivity contribution in [3.8, 4) is 0 Å². The molecule has 0 atom stereocenters. The highest BCUT2D eigenvalue weighted by Gasteiger charge is 2.23. The Morgan fingerprint density at radius 2 is 1.78 bits per heavy atom. The van der Waals surface area contributed by atoms with Crippen LogP contribution in [-0.4, -0.2) is 26.7 Å². The summed E-state index contributed by atoms with van der Waals surface area (Å²) in [4.78, 5) is 29.5. The lowest BCUT2D eigenvalue weighted by molar-refractivity contribution is 0.0908. The van der Waals surface area contributed by atoms with Crippen molar-refractivity contribution in [1.29, 1.82) is 0 Å². The Kier molecular flexibility index (Phi) is 4.94. The fourth-order valence-corrected chi connectivity index (χ4v) is 2.63. The van der Waals surface area contributed by atoms with Gasteiger partial charge in [-0.3, -0.25) is 14.0 Å². The summed E-state index contributed by atoms with van der Waals surface area (Å²) >= 11 is 0. The summed E-state index contributed by atoms with van der Waals surface area (Å²) < 4.78 is 14.6. The molecule has 0 spiro atoms. The fourth-order valence-electron chi connectivity index (χ4n) is 2.63. The molecule has 2 heterocycles. The van der Waals surface area contributed by atoms with Crippen molar-refractivity contribution in [2.75, 3.05) is 0 Å². The summed E-state index contributed by atoms with van der Waals surface area (Å²) in [5, 5.41) is 5.61. The van der Waals surface area contributed by atoms with E-state index in [0.717, 1.165) is 5.56 Å². The number of benzene rings is 1. The van der Waals surface area contributed by atoms with Gasteiger partial charge < -0.3 is 10.6 Å². The van der Waals surface area contributed by atoms with E-state index >= 15 is 0 Å². The number of aromatic nitrogens is 2. The molecule has 140 valence electrons. The maximum atomic E-state index is 13.0. The maximum Gasteiger partial charge on any atom is 0.288 e. The van der Waals surface area contributed by atoms with E-state index in [0.29, 0.717) is 5.52 Å². The minimum Gasteiger partial charge on any atom is -0.347 e. The van der Waals surface area contributed by atoms with Crippen LogP contribution in [0, 0.1) is 5.82 Å². The van der Waals surface area contributed by atoms with E-state index in [9.17, 15) is 14.0 Å². The first kappa shape index (κ1) is 18.6. The third-order valence-electron chi connectivity index (χ3n) is 3.82. The van der Waals surface area contributed by atoms with Crippen LogP contribution < -0.4 is 10.6 Å². The maximum absolute atomic E-state index is 13.0. The molecular formula is C20H21FN4O2. The van der Waals surface area contributed by atoms with Crippen molar-refractivity contribution in [3.63, 3.8) is 0 Å². The monoisotopic (exact) mass is 368 g/mol. The van der Waals surface area contributed by atoms with Crippen molar-refractivity contribution in [2.45, 2.75) is 32.9 Å². The largest absolute Gasteiger partial charge is 0.347 e. The molecule has 0 aliphatic rings. The van der Waals surface area contributed by atoms with Gasteiger partial charge in [-0.05, 0) is 50.6 Å². The number of rotatable bonds is 4. The summed E-state index contributed by atoms with van der Waals surface area (Å²) in [5.74, 6) is -0.953. The number of nitrogens with one attached hydrogen (secondary N) is 2. The smallest absolute Gasteiger partial charge is 0.288 e. The molecule has 6 nitrogen and oxygen atoms in total. The van der Waals surface area contributed by atoms with Crippen LogP contribution in [0.4, 0.5) is 4.39 Å². The molecule has 2 N–H and O–H groups in total. The molecule has 0 saturated heterocycles. The van der Waals surface area contributed by atoms with Gasteiger partial charge in [0.15, 0.2) is 5.69 Å². The molecule has 7 heteroatoms. The zero-order chi connectivity index (χ0) is 19.6. The highest BCUT2D eigenvalue weighted by Crippen LogP contribution is 2.15. The number of pyridine rings is 1. The second-order valence-corrected chi connectivity index (χ2v) is 7.25. The first-order chi connectivity index (χ1) is 12.7. The molecule has 3 rings (SSSR count). The van der Waals surface area contributed by atoms with Crippen molar-refractivity contribution < 1.29 is 14.0 Å². The Hall–Kier alpha value is -3.22. The highest BCUT2D eigenvalue weighted by molar-refractivity contribution is 6.02. The summed E-state index contributed by atoms with van der Waals surface area (Å²) in [5.41, 5.74) is 1.03. The molecule has 3 aromatic rings. The van der Waals surface area contributed by atoms with E-state index in [2.05, 4.69) is 15.6 Å². The second-order valence-electron chi connectivity index (χ2n) is 7.25. The van der Waals surface area contributed by atoms with Crippen molar-refractivity contribution in [3.05, 3.63) is 71.6 Å². The summed E-state index contributed by atoms with van der Waals surface area (Å²) in [6.45, 7) is 5.85. The zero-order valence-corrected chi connectivity index (χ0v) is 15.4. The van der Waals surface area contributed by atoms with Crippen LogP contribution in [0.15, 0.2) is 48.7 Å². The zero-order valence-electron chi connectivity index (χ0n) is 15.4. The Morgan fingerprint density at radius 1 is 1.07 bits per heavy atom. The Balaban J connectivity index is 1.86. The van der Waals surface area contributed by atoms with Gasteiger partial charge >= 0.3 is 0 Å². The Bertz CT molecular complexity index is 987. The Labute approximate surface area is 156 Å². The minimum absolute atomic E-state index is 0.146. The SMILES string of the molecule is CC(C)(C)NC(=O)c1nc(C(=O)NCc2ccc(F)cc2)c2ccccn12. The molecule has 0 aliphatic carbocycles. The van der Waals surface area contributed by atoms with Crippen LogP contribution >= 0.6 is 0 Å². The summed E-state index contributed by atoms with van der Waals surface area (Å²) in [7, 11) is 0. The fraction of sp³-hybridized carbons (Fsp3) is 0.250. The van der Waals surface area contributed by atoms with Crippen LogP contribution in [0.2, 0.25) is 0 Å². The van der Waals surface area contributed by atoms with Gasteiger partial charge in [-0.15, -0.1) is 0 Å². The quantitative estimate of drug-likeness (QED) is 0.743. The molecule has 0 bridgehead atoms. The molecule has 27 heavy (non-hydrogen) atoms. The number of halogens is 1. The number of amides is 2. The first-order valence-corrected chi connectivity index (χ1v) is 8.57. The normalized spacial score (nSPS) is 11.4. The van der Waals surface area contributed by atoms with Gasteiger partial charge in [0.25, 0.3) is 11.8 Å². The predicted octanol–water partition coefficient (Wildman–Crippen LogP) is 2.93. The van der Waals surface area contributed by atoms with E-state index in [1.54, 1.807) is 40.9 Å². The van der Waals surface area contributed by atoms with Gasteiger partial charge in [0.1, 0.15) is 5.82 Å². The van der Waals surface area contributed by atoms with Gasteiger partial charge in [-0.25, -0.2) is 9.37 Å². The average molecular weight is 368 g/mol. The molecule has 0 radical (unpaired) electrons. The van der Waals surface area contributed by atoms with Crippen LogP contribution in [-0.2, 0) is 6.54 Å². The number of fused-ring (bicyclic) bond motifs is 1. The second kappa shape index (κ2) is 7.19.